The number of unbranched alkanes of at least 4 members (excludes halogenated alkanes) is 2. The molecule has 0 spiro atoms. The van der Waals surface area contributed by atoms with Crippen LogP contribution < -0.4 is 4.90 Å². The number of hydrogen-bond acceptors (Lipinski definition) is 1. The van der Waals surface area contributed by atoms with E-state index >= 15 is 0 Å². The molecule has 0 N–H and O–H groups in total. The van der Waals surface area contributed by atoms with Crippen LogP contribution in [0.3, 0.4) is 0 Å². The van der Waals surface area contributed by atoms with Crippen molar-refractivity contribution in [2.75, 3.05) is 18.0 Å². The summed E-state index contributed by atoms with van der Waals surface area (Å²) < 4.78 is 0. The highest BCUT2D eigenvalue weighted by Gasteiger charge is 2.03. The third kappa shape index (κ3) is 9.19. The number of hydrogen-bond donors (Lipinski definition) is 0. The Kier molecular flexibility index (Phi) is 12.0. The maximum Gasteiger partial charge on any atom is 0.0366 e. The van der Waals surface area contributed by atoms with Crippen molar-refractivity contribution in [2.45, 2.75) is 52.9 Å². The maximum absolute atomic E-state index is 4.78. The minimum atomic E-state index is 0.847. The van der Waals surface area contributed by atoms with Crippen LogP contribution in [0.2, 0.25) is 0 Å². The van der Waals surface area contributed by atoms with Crippen molar-refractivity contribution in [1.82, 2.24) is 0 Å². The fourth-order valence-corrected chi connectivity index (χ4v) is 1.71. The average molecular weight is 259 g/mol. The van der Waals surface area contributed by atoms with Gasteiger partial charge >= 0.3 is 0 Å². The van der Waals surface area contributed by atoms with Crippen LogP contribution >= 0.6 is 0 Å². The second-order valence-corrected chi connectivity index (χ2v) is 4.59. The second-order valence-electron chi connectivity index (χ2n) is 4.59. The minimum Gasteiger partial charge on any atom is -0.372 e. The van der Waals surface area contributed by atoms with Gasteiger partial charge in [-0.2, -0.15) is 0 Å². The van der Waals surface area contributed by atoms with Crippen LogP contribution in [-0.2, 0) is 0 Å². The van der Waals surface area contributed by atoms with Crippen LogP contribution in [0.1, 0.15) is 52.9 Å². The molecule has 0 heterocycles. The monoisotopic (exact) mass is 259 g/mol. The molecule has 0 radical (unpaired) electrons. The first kappa shape index (κ1) is 17.6. The van der Waals surface area contributed by atoms with E-state index in [0.717, 1.165) is 6.42 Å². The van der Waals surface area contributed by atoms with E-state index in [4.69, 9.17) is 6.42 Å². The first-order valence-corrected chi connectivity index (χ1v) is 7.53. The lowest BCUT2D eigenvalue weighted by atomic mass is 10.2. The first-order valence-electron chi connectivity index (χ1n) is 7.53. The summed E-state index contributed by atoms with van der Waals surface area (Å²) in [6, 6.07) is 10.8. The van der Waals surface area contributed by atoms with Gasteiger partial charge in [-0.15, -0.1) is 12.3 Å². The van der Waals surface area contributed by atoms with Gasteiger partial charge in [-0.05, 0) is 25.0 Å². The average Bonchev–Trinajstić information content (AvgIpc) is 2.48. The quantitative estimate of drug-likeness (QED) is 0.614. The van der Waals surface area contributed by atoms with Gasteiger partial charge in [0.1, 0.15) is 0 Å². The van der Waals surface area contributed by atoms with Crippen LogP contribution in [0.25, 0.3) is 0 Å². The summed E-state index contributed by atoms with van der Waals surface area (Å²) in [5, 5.41) is 0. The van der Waals surface area contributed by atoms with Crippen molar-refractivity contribution in [1.29, 1.82) is 0 Å². The SMILES string of the molecule is C#CCC.CCCCN(CCCC)c1ccccc1. The van der Waals surface area contributed by atoms with E-state index in [1.165, 1.54) is 44.5 Å². The smallest absolute Gasteiger partial charge is 0.0366 e. The lowest BCUT2D eigenvalue weighted by Crippen LogP contribution is -2.25. The van der Waals surface area contributed by atoms with E-state index in [-0.39, 0.29) is 0 Å². The Bertz CT molecular complexity index is 315. The Morgan fingerprint density at radius 1 is 0.947 bits per heavy atom. The molecule has 0 amide bonds. The van der Waals surface area contributed by atoms with Crippen molar-refractivity contribution in [3.05, 3.63) is 30.3 Å². The predicted octanol–water partition coefficient (Wildman–Crippen LogP) is 5.12. The van der Waals surface area contributed by atoms with Crippen LogP contribution in [-0.4, -0.2) is 13.1 Å². The van der Waals surface area contributed by atoms with Gasteiger partial charge in [0.25, 0.3) is 0 Å². The Balaban J connectivity index is 0.000000711. The molecule has 1 rings (SSSR count). The lowest BCUT2D eigenvalue weighted by molar-refractivity contribution is 0.678. The first-order chi connectivity index (χ1) is 9.29. The fraction of sp³-hybridized carbons (Fsp3) is 0.556. The Labute approximate surface area is 120 Å². The van der Waals surface area contributed by atoms with Crippen LogP contribution in [0.15, 0.2) is 30.3 Å². The van der Waals surface area contributed by atoms with E-state index in [1.807, 2.05) is 6.92 Å². The number of anilines is 1. The summed E-state index contributed by atoms with van der Waals surface area (Å²) in [5.41, 5.74) is 1.37. The number of para-hydroxylation sites is 1. The fourth-order valence-electron chi connectivity index (χ4n) is 1.71. The number of benzene rings is 1. The number of rotatable bonds is 7. The molecule has 1 heteroatoms. The highest BCUT2D eigenvalue weighted by Crippen LogP contribution is 2.14. The molecule has 1 aromatic carbocycles. The normalized spacial score (nSPS) is 9.16. The topological polar surface area (TPSA) is 3.24 Å². The summed E-state index contributed by atoms with van der Waals surface area (Å²) in [4.78, 5) is 2.51. The van der Waals surface area contributed by atoms with Crippen molar-refractivity contribution in [3.8, 4) is 12.3 Å². The van der Waals surface area contributed by atoms with Crippen molar-refractivity contribution < 1.29 is 0 Å². The zero-order valence-corrected chi connectivity index (χ0v) is 12.9. The standard InChI is InChI=1S/C14H23N.C4H6/c1-3-5-12-15(13-6-4-2)14-10-8-7-9-11-14;1-3-4-2/h7-11H,3-6,12-13H2,1-2H3;1H,4H2,2H3. The van der Waals surface area contributed by atoms with Gasteiger partial charge in [0.2, 0.25) is 0 Å². The molecule has 1 aromatic rings. The molecule has 0 aliphatic rings. The molecule has 106 valence electrons. The van der Waals surface area contributed by atoms with Crippen LogP contribution in [0.5, 0.6) is 0 Å². The van der Waals surface area contributed by atoms with Crippen molar-refractivity contribution >= 4 is 5.69 Å². The Morgan fingerprint density at radius 3 is 1.79 bits per heavy atom. The summed E-state index contributed by atoms with van der Waals surface area (Å²) in [7, 11) is 0. The largest absolute Gasteiger partial charge is 0.372 e. The second kappa shape index (κ2) is 13.0. The summed E-state index contributed by atoms with van der Waals surface area (Å²) in [5.74, 6) is 2.43. The van der Waals surface area contributed by atoms with Gasteiger partial charge in [0.05, 0.1) is 0 Å². The lowest BCUT2D eigenvalue weighted by Gasteiger charge is -2.24. The Hall–Kier alpha value is -1.42. The van der Waals surface area contributed by atoms with E-state index < -0.39 is 0 Å². The van der Waals surface area contributed by atoms with Gasteiger partial charge in [0, 0.05) is 25.2 Å². The molecule has 0 aliphatic carbocycles. The molecule has 0 aliphatic heterocycles. The number of nitrogens with zero attached hydrogens (tertiary/aromatic N) is 1. The van der Waals surface area contributed by atoms with Crippen molar-refractivity contribution in [3.63, 3.8) is 0 Å². The highest BCUT2D eigenvalue weighted by molar-refractivity contribution is 5.45. The van der Waals surface area contributed by atoms with E-state index in [0.29, 0.717) is 0 Å². The molecule has 0 atom stereocenters. The zero-order valence-electron chi connectivity index (χ0n) is 12.9. The Morgan fingerprint density at radius 2 is 1.42 bits per heavy atom. The zero-order chi connectivity index (χ0) is 14.3. The predicted molar refractivity (Wildman–Crippen MR) is 87.6 cm³/mol. The molecule has 0 fully saturated rings. The maximum atomic E-state index is 4.78. The minimum absolute atomic E-state index is 0.847. The highest BCUT2D eigenvalue weighted by atomic mass is 15.1. The molecular formula is C18H29N. The molecular weight excluding hydrogens is 230 g/mol. The van der Waals surface area contributed by atoms with Crippen molar-refractivity contribution in [2.24, 2.45) is 0 Å². The molecule has 0 bridgehead atoms. The third-order valence-corrected chi connectivity index (χ3v) is 2.89. The van der Waals surface area contributed by atoms with Crippen LogP contribution in [0, 0.1) is 12.3 Å². The molecule has 0 saturated heterocycles. The summed E-state index contributed by atoms with van der Waals surface area (Å²) >= 11 is 0. The molecule has 19 heavy (non-hydrogen) atoms. The molecule has 0 saturated carbocycles. The molecule has 0 aromatic heterocycles. The van der Waals surface area contributed by atoms with E-state index in [2.05, 4.69) is 55.0 Å². The summed E-state index contributed by atoms with van der Waals surface area (Å²) in [6.45, 7) is 8.84. The third-order valence-electron chi connectivity index (χ3n) is 2.89. The van der Waals surface area contributed by atoms with Gasteiger partial charge in [0.15, 0.2) is 0 Å². The number of terminal acetylenes is 1. The van der Waals surface area contributed by atoms with Gasteiger partial charge in [-0.1, -0.05) is 51.8 Å². The van der Waals surface area contributed by atoms with E-state index in [1.54, 1.807) is 0 Å². The summed E-state index contributed by atoms with van der Waals surface area (Å²) in [6.07, 6.45) is 10.8. The molecule has 0 unspecified atom stereocenters. The van der Waals surface area contributed by atoms with Gasteiger partial charge < -0.3 is 4.90 Å². The van der Waals surface area contributed by atoms with Gasteiger partial charge in [-0.3, -0.25) is 0 Å². The van der Waals surface area contributed by atoms with Gasteiger partial charge in [-0.25, -0.2) is 0 Å². The van der Waals surface area contributed by atoms with Crippen LogP contribution in [0.4, 0.5) is 5.69 Å². The van der Waals surface area contributed by atoms with E-state index in [9.17, 15) is 0 Å². The molecule has 1 nitrogen and oxygen atoms in total.